The number of piperidine rings is 1. The van der Waals surface area contributed by atoms with E-state index in [1.807, 2.05) is 0 Å². The third-order valence-corrected chi connectivity index (χ3v) is 5.25. The van der Waals surface area contributed by atoms with Gasteiger partial charge in [0.1, 0.15) is 0 Å². The van der Waals surface area contributed by atoms with Crippen molar-refractivity contribution >= 4 is 0 Å². The summed E-state index contributed by atoms with van der Waals surface area (Å²) in [5.74, 6) is 0. The van der Waals surface area contributed by atoms with Crippen LogP contribution in [0, 0.1) is 0 Å². The summed E-state index contributed by atoms with van der Waals surface area (Å²) in [5, 5.41) is 7.49. The van der Waals surface area contributed by atoms with Crippen LogP contribution in [0.25, 0.3) is 11.1 Å². The maximum Gasteiger partial charge on any atom is 0.0476 e. The Labute approximate surface area is 156 Å². The van der Waals surface area contributed by atoms with E-state index in [0.717, 1.165) is 13.1 Å². The largest absolute Gasteiger partial charge is 0.309 e. The van der Waals surface area contributed by atoms with Gasteiger partial charge in [0.25, 0.3) is 0 Å². The van der Waals surface area contributed by atoms with Crippen LogP contribution in [0.1, 0.15) is 30.0 Å². The van der Waals surface area contributed by atoms with Gasteiger partial charge in [0.15, 0.2) is 0 Å². The van der Waals surface area contributed by atoms with Crippen molar-refractivity contribution in [3.05, 3.63) is 96.1 Å². The zero-order valence-corrected chi connectivity index (χ0v) is 15.1. The molecule has 1 aliphatic rings. The molecule has 0 spiro atoms. The number of nitrogens with one attached hydrogen (secondary N) is 2. The minimum Gasteiger partial charge on any atom is -0.309 e. The fourth-order valence-electron chi connectivity index (χ4n) is 3.82. The van der Waals surface area contributed by atoms with E-state index in [9.17, 15) is 0 Å². The topological polar surface area (TPSA) is 24.1 Å². The van der Waals surface area contributed by atoms with E-state index in [0.29, 0.717) is 12.1 Å². The molecule has 26 heavy (non-hydrogen) atoms. The van der Waals surface area contributed by atoms with Gasteiger partial charge in [0, 0.05) is 18.6 Å². The Kier molecular flexibility index (Phi) is 5.44. The summed E-state index contributed by atoms with van der Waals surface area (Å²) in [6.07, 6.45) is 2.44. The van der Waals surface area contributed by atoms with Crippen molar-refractivity contribution in [3.8, 4) is 11.1 Å². The van der Waals surface area contributed by atoms with Crippen LogP contribution in [0.5, 0.6) is 0 Å². The SMILES string of the molecule is c1ccc(CN[C@H]2CCCN[C@H]2c2ccc(-c3ccccc3)cc2)cc1. The molecule has 3 aromatic carbocycles. The Morgan fingerprint density at radius 2 is 1.42 bits per heavy atom. The van der Waals surface area contributed by atoms with Gasteiger partial charge in [-0.1, -0.05) is 84.9 Å². The lowest BCUT2D eigenvalue weighted by molar-refractivity contribution is 0.304. The first-order valence-electron chi connectivity index (χ1n) is 9.56. The van der Waals surface area contributed by atoms with Gasteiger partial charge in [-0.25, -0.2) is 0 Å². The van der Waals surface area contributed by atoms with Crippen LogP contribution in [0.15, 0.2) is 84.9 Å². The molecule has 2 N–H and O–H groups in total. The van der Waals surface area contributed by atoms with Crippen molar-refractivity contribution < 1.29 is 0 Å². The lowest BCUT2D eigenvalue weighted by Gasteiger charge is -2.34. The van der Waals surface area contributed by atoms with E-state index in [4.69, 9.17) is 0 Å². The van der Waals surface area contributed by atoms with Crippen LogP contribution < -0.4 is 10.6 Å². The highest BCUT2D eigenvalue weighted by Gasteiger charge is 2.25. The molecule has 0 unspecified atom stereocenters. The number of benzene rings is 3. The zero-order valence-electron chi connectivity index (χ0n) is 15.1. The fraction of sp³-hybridized carbons (Fsp3) is 0.250. The molecule has 1 saturated heterocycles. The summed E-state index contributed by atoms with van der Waals surface area (Å²) in [5.41, 5.74) is 5.26. The minimum absolute atomic E-state index is 0.372. The highest BCUT2D eigenvalue weighted by Crippen LogP contribution is 2.27. The third-order valence-electron chi connectivity index (χ3n) is 5.25. The summed E-state index contributed by atoms with van der Waals surface area (Å²) in [6, 6.07) is 31.1. The van der Waals surface area contributed by atoms with Crippen LogP contribution in [-0.2, 0) is 6.54 Å². The van der Waals surface area contributed by atoms with Gasteiger partial charge in [-0.2, -0.15) is 0 Å². The molecule has 3 aromatic rings. The lowest BCUT2D eigenvalue weighted by atomic mass is 9.91. The molecule has 0 saturated carbocycles. The smallest absolute Gasteiger partial charge is 0.0476 e. The quantitative estimate of drug-likeness (QED) is 0.686. The average molecular weight is 342 g/mol. The summed E-state index contributed by atoms with van der Waals surface area (Å²) in [4.78, 5) is 0. The minimum atomic E-state index is 0.372. The molecule has 1 fully saturated rings. The second kappa shape index (κ2) is 8.31. The van der Waals surface area contributed by atoms with Gasteiger partial charge >= 0.3 is 0 Å². The Hall–Kier alpha value is -2.42. The van der Waals surface area contributed by atoms with Crippen molar-refractivity contribution in [3.63, 3.8) is 0 Å². The lowest BCUT2D eigenvalue weighted by Crippen LogP contribution is -2.45. The van der Waals surface area contributed by atoms with Gasteiger partial charge in [-0.15, -0.1) is 0 Å². The molecule has 1 heterocycles. The number of hydrogen-bond acceptors (Lipinski definition) is 2. The standard InChI is InChI=1S/C24H26N2/c1-3-8-19(9-4-1)18-26-23-12-7-17-25-24(23)22-15-13-21(14-16-22)20-10-5-2-6-11-20/h1-6,8-11,13-16,23-26H,7,12,17-18H2/t23-,24-/m0/s1. The molecule has 132 valence electrons. The van der Waals surface area contributed by atoms with Crippen molar-refractivity contribution in [2.45, 2.75) is 31.5 Å². The molecular formula is C24H26N2. The first-order chi connectivity index (χ1) is 12.9. The average Bonchev–Trinajstić information content (AvgIpc) is 2.74. The van der Waals surface area contributed by atoms with Gasteiger partial charge in [0.05, 0.1) is 0 Å². The monoisotopic (exact) mass is 342 g/mol. The van der Waals surface area contributed by atoms with Crippen LogP contribution in [-0.4, -0.2) is 12.6 Å². The third kappa shape index (κ3) is 4.04. The van der Waals surface area contributed by atoms with Crippen LogP contribution >= 0.6 is 0 Å². The van der Waals surface area contributed by atoms with E-state index in [-0.39, 0.29) is 0 Å². The Balaban J connectivity index is 1.47. The normalized spacial score (nSPS) is 20.0. The predicted molar refractivity (Wildman–Crippen MR) is 109 cm³/mol. The highest BCUT2D eigenvalue weighted by molar-refractivity contribution is 5.63. The molecule has 0 radical (unpaired) electrons. The molecule has 0 aliphatic carbocycles. The summed E-state index contributed by atoms with van der Waals surface area (Å²) < 4.78 is 0. The van der Waals surface area contributed by atoms with E-state index >= 15 is 0 Å². The van der Waals surface area contributed by atoms with Gasteiger partial charge in [-0.3, -0.25) is 0 Å². The van der Waals surface area contributed by atoms with Crippen molar-refractivity contribution in [2.75, 3.05) is 6.54 Å². The van der Waals surface area contributed by atoms with Crippen molar-refractivity contribution in [2.24, 2.45) is 0 Å². The molecule has 0 aromatic heterocycles. The number of hydrogen-bond donors (Lipinski definition) is 2. The summed E-state index contributed by atoms with van der Waals surface area (Å²) >= 11 is 0. The first-order valence-corrected chi connectivity index (χ1v) is 9.56. The van der Waals surface area contributed by atoms with Gasteiger partial charge in [0.2, 0.25) is 0 Å². The fourth-order valence-corrected chi connectivity index (χ4v) is 3.82. The Morgan fingerprint density at radius 1 is 0.769 bits per heavy atom. The molecule has 4 rings (SSSR count). The second-order valence-electron chi connectivity index (χ2n) is 7.04. The Bertz CT molecular complexity index is 797. The molecule has 1 aliphatic heterocycles. The van der Waals surface area contributed by atoms with E-state index < -0.39 is 0 Å². The first kappa shape index (κ1) is 17.0. The van der Waals surface area contributed by atoms with E-state index in [1.165, 1.54) is 35.1 Å². The zero-order chi connectivity index (χ0) is 17.6. The van der Waals surface area contributed by atoms with Crippen LogP contribution in [0.4, 0.5) is 0 Å². The maximum atomic E-state index is 3.77. The Morgan fingerprint density at radius 3 is 2.15 bits per heavy atom. The van der Waals surface area contributed by atoms with E-state index in [1.54, 1.807) is 0 Å². The summed E-state index contributed by atoms with van der Waals surface area (Å²) in [7, 11) is 0. The van der Waals surface area contributed by atoms with Gasteiger partial charge in [-0.05, 0) is 41.6 Å². The molecule has 2 heteroatoms. The van der Waals surface area contributed by atoms with Crippen molar-refractivity contribution in [1.29, 1.82) is 0 Å². The number of rotatable bonds is 5. The van der Waals surface area contributed by atoms with Gasteiger partial charge < -0.3 is 10.6 Å². The van der Waals surface area contributed by atoms with Crippen LogP contribution in [0.3, 0.4) is 0 Å². The summed E-state index contributed by atoms with van der Waals surface area (Å²) in [6.45, 7) is 2.01. The maximum absolute atomic E-state index is 3.77. The predicted octanol–water partition coefficient (Wildman–Crippen LogP) is 4.94. The highest BCUT2D eigenvalue weighted by atomic mass is 15.0. The van der Waals surface area contributed by atoms with E-state index in [2.05, 4.69) is 95.6 Å². The molecule has 0 amide bonds. The van der Waals surface area contributed by atoms with Crippen LogP contribution in [0.2, 0.25) is 0 Å². The molecule has 0 bridgehead atoms. The van der Waals surface area contributed by atoms with Crippen molar-refractivity contribution in [1.82, 2.24) is 10.6 Å². The molecular weight excluding hydrogens is 316 g/mol. The molecule has 2 atom stereocenters. The molecule has 2 nitrogen and oxygen atoms in total. The second-order valence-corrected chi connectivity index (χ2v) is 7.04.